The number of carbonyl (C=O) groups is 1. The van der Waals surface area contributed by atoms with Gasteiger partial charge in [0, 0.05) is 11.5 Å². The highest BCUT2D eigenvalue weighted by Crippen LogP contribution is 2.44. The maximum Gasteiger partial charge on any atom is 0.324 e. The van der Waals surface area contributed by atoms with Crippen LogP contribution in [0.3, 0.4) is 0 Å². The molecular weight excluding hydrogens is 244 g/mol. The monoisotopic (exact) mass is 268 g/mol. The minimum atomic E-state index is -0.828. The van der Waals surface area contributed by atoms with Gasteiger partial charge in [-0.1, -0.05) is 25.9 Å². The van der Waals surface area contributed by atoms with Crippen molar-refractivity contribution in [1.29, 1.82) is 0 Å². The van der Waals surface area contributed by atoms with E-state index in [-0.39, 0.29) is 11.3 Å². The molecule has 0 heterocycles. The third-order valence-corrected chi connectivity index (χ3v) is 4.22. The molecule has 6 heteroatoms. The number of azide groups is 1. The number of hydrogen-bond donors (Lipinski definition) is 2. The number of rotatable bonds is 6. The lowest BCUT2D eigenvalue weighted by molar-refractivity contribution is -0.150. The van der Waals surface area contributed by atoms with Crippen molar-refractivity contribution in [1.82, 2.24) is 5.32 Å². The number of nitrogens with one attached hydrogen (secondary N) is 1. The predicted molar refractivity (Wildman–Crippen MR) is 73.8 cm³/mol. The Morgan fingerprint density at radius 3 is 2.74 bits per heavy atom. The summed E-state index contributed by atoms with van der Waals surface area (Å²) in [7, 11) is 0. The van der Waals surface area contributed by atoms with E-state index in [1.165, 1.54) is 0 Å². The lowest BCUT2D eigenvalue weighted by atomic mass is 9.63. The number of aliphatic carboxylic acids is 1. The van der Waals surface area contributed by atoms with Crippen molar-refractivity contribution in [3.8, 4) is 0 Å². The first kappa shape index (κ1) is 15.8. The molecule has 6 nitrogen and oxygen atoms in total. The van der Waals surface area contributed by atoms with Crippen LogP contribution < -0.4 is 5.32 Å². The molecule has 2 N–H and O–H groups in total. The summed E-state index contributed by atoms with van der Waals surface area (Å²) in [4.78, 5) is 14.4. The van der Waals surface area contributed by atoms with Gasteiger partial charge in [0.15, 0.2) is 0 Å². The average molecular weight is 268 g/mol. The van der Waals surface area contributed by atoms with Crippen molar-refractivity contribution in [2.24, 2.45) is 16.4 Å². The van der Waals surface area contributed by atoms with Crippen molar-refractivity contribution in [3.05, 3.63) is 10.4 Å². The molecule has 0 bridgehead atoms. The first-order valence-corrected chi connectivity index (χ1v) is 6.83. The first-order chi connectivity index (χ1) is 8.84. The molecule has 0 spiro atoms. The smallest absolute Gasteiger partial charge is 0.324 e. The van der Waals surface area contributed by atoms with Crippen molar-refractivity contribution < 1.29 is 9.90 Å². The summed E-state index contributed by atoms with van der Waals surface area (Å²) in [6.45, 7) is 7.36. The van der Waals surface area contributed by atoms with E-state index in [2.05, 4.69) is 29.2 Å². The first-order valence-electron chi connectivity index (χ1n) is 6.83. The highest BCUT2D eigenvalue weighted by atomic mass is 16.4. The molecule has 108 valence electrons. The van der Waals surface area contributed by atoms with E-state index in [0.717, 1.165) is 12.8 Å². The fourth-order valence-electron chi connectivity index (χ4n) is 3.05. The van der Waals surface area contributed by atoms with Crippen LogP contribution in [0, 0.1) is 11.3 Å². The molecule has 0 aromatic heterocycles. The van der Waals surface area contributed by atoms with E-state index in [1.807, 2.05) is 6.92 Å². The van der Waals surface area contributed by atoms with Crippen LogP contribution in [-0.2, 0) is 4.79 Å². The molecule has 0 aromatic carbocycles. The second-order valence-electron chi connectivity index (χ2n) is 6.28. The molecule has 0 radical (unpaired) electrons. The molecule has 19 heavy (non-hydrogen) atoms. The van der Waals surface area contributed by atoms with Crippen LogP contribution in [-0.4, -0.2) is 29.7 Å². The van der Waals surface area contributed by atoms with Gasteiger partial charge in [0.2, 0.25) is 0 Å². The molecule has 1 fully saturated rings. The molecule has 0 aliphatic heterocycles. The Balaban J connectivity index is 2.65. The highest BCUT2D eigenvalue weighted by Gasteiger charge is 2.48. The molecule has 2 atom stereocenters. The van der Waals surface area contributed by atoms with Gasteiger partial charge in [0.05, 0.1) is 0 Å². The molecule has 1 rings (SSSR count). The van der Waals surface area contributed by atoms with E-state index < -0.39 is 11.5 Å². The Bertz CT molecular complexity index is 377. The Morgan fingerprint density at radius 2 is 2.21 bits per heavy atom. The summed E-state index contributed by atoms with van der Waals surface area (Å²) in [6.07, 6.45) is 3.13. The second-order valence-corrected chi connectivity index (χ2v) is 6.28. The van der Waals surface area contributed by atoms with Crippen LogP contribution in [0.1, 0.15) is 46.5 Å². The van der Waals surface area contributed by atoms with E-state index in [0.29, 0.717) is 25.9 Å². The standard InChI is InChI=1S/C13H24N4O2/c1-10-9-12(2,3)5-6-13(10,11(18)19)15-7-4-8-16-17-14/h10,15H,4-9H2,1-3H3,(H,18,19). The maximum atomic E-state index is 11.7. The minimum Gasteiger partial charge on any atom is -0.480 e. The van der Waals surface area contributed by atoms with Crippen molar-refractivity contribution >= 4 is 5.97 Å². The van der Waals surface area contributed by atoms with Crippen molar-refractivity contribution in [2.75, 3.05) is 13.1 Å². The molecule has 0 aromatic rings. The molecule has 1 aliphatic rings. The van der Waals surface area contributed by atoms with E-state index in [4.69, 9.17) is 5.53 Å². The summed E-state index contributed by atoms with van der Waals surface area (Å²) in [6, 6.07) is 0. The lowest BCUT2D eigenvalue weighted by Crippen LogP contribution is -2.60. The molecule has 0 saturated heterocycles. The van der Waals surface area contributed by atoms with Gasteiger partial charge in [0.25, 0.3) is 0 Å². The zero-order valence-corrected chi connectivity index (χ0v) is 12.0. The maximum absolute atomic E-state index is 11.7. The summed E-state index contributed by atoms with van der Waals surface area (Å²) in [5.74, 6) is -0.674. The van der Waals surface area contributed by atoms with E-state index in [1.54, 1.807) is 0 Å². The number of carboxylic acid groups (broad SMARTS) is 1. The number of carboxylic acids is 1. The molecule has 0 amide bonds. The molecule has 1 aliphatic carbocycles. The van der Waals surface area contributed by atoms with Crippen LogP contribution in [0.5, 0.6) is 0 Å². The quantitative estimate of drug-likeness (QED) is 0.335. The Labute approximate surface area is 114 Å². The predicted octanol–water partition coefficient (Wildman–Crippen LogP) is 2.95. The summed E-state index contributed by atoms with van der Waals surface area (Å²) in [5.41, 5.74) is 7.58. The second kappa shape index (κ2) is 6.26. The Morgan fingerprint density at radius 1 is 1.53 bits per heavy atom. The fraction of sp³-hybridized carbons (Fsp3) is 0.923. The van der Waals surface area contributed by atoms with Gasteiger partial charge in [-0.3, -0.25) is 4.79 Å². The largest absolute Gasteiger partial charge is 0.480 e. The van der Waals surface area contributed by atoms with Gasteiger partial charge in [-0.25, -0.2) is 0 Å². The molecule has 1 saturated carbocycles. The van der Waals surface area contributed by atoms with Crippen LogP contribution in [0.15, 0.2) is 5.11 Å². The average Bonchev–Trinajstić information content (AvgIpc) is 2.30. The zero-order valence-electron chi connectivity index (χ0n) is 12.0. The van der Waals surface area contributed by atoms with Crippen molar-refractivity contribution in [2.45, 2.75) is 52.0 Å². The third-order valence-electron chi connectivity index (χ3n) is 4.22. The molecule has 2 unspecified atom stereocenters. The van der Waals surface area contributed by atoms with Gasteiger partial charge in [0.1, 0.15) is 5.54 Å². The van der Waals surface area contributed by atoms with Crippen molar-refractivity contribution in [3.63, 3.8) is 0 Å². The van der Waals surface area contributed by atoms with Crippen LogP contribution in [0.4, 0.5) is 0 Å². The SMILES string of the molecule is CC1CC(C)(C)CCC1(NCCCN=[N+]=[N-])C(=O)O. The summed E-state index contributed by atoms with van der Waals surface area (Å²) < 4.78 is 0. The zero-order chi connectivity index (χ0) is 14.5. The Hall–Kier alpha value is -1.26. The summed E-state index contributed by atoms with van der Waals surface area (Å²) in [5, 5.41) is 16.2. The van der Waals surface area contributed by atoms with Gasteiger partial charge in [-0.15, -0.1) is 0 Å². The van der Waals surface area contributed by atoms with Crippen LogP contribution in [0.25, 0.3) is 10.4 Å². The molecular formula is C13H24N4O2. The third kappa shape index (κ3) is 3.85. The van der Waals surface area contributed by atoms with Gasteiger partial charge in [-0.2, -0.15) is 0 Å². The van der Waals surface area contributed by atoms with Crippen LogP contribution >= 0.6 is 0 Å². The fourth-order valence-corrected chi connectivity index (χ4v) is 3.05. The van der Waals surface area contributed by atoms with E-state index >= 15 is 0 Å². The highest BCUT2D eigenvalue weighted by molar-refractivity contribution is 5.79. The summed E-state index contributed by atoms with van der Waals surface area (Å²) >= 11 is 0. The number of nitrogens with zero attached hydrogens (tertiary/aromatic N) is 3. The van der Waals surface area contributed by atoms with Gasteiger partial charge < -0.3 is 10.4 Å². The van der Waals surface area contributed by atoms with E-state index in [9.17, 15) is 9.90 Å². The Kier molecular flexibility index (Phi) is 5.20. The van der Waals surface area contributed by atoms with Gasteiger partial charge >= 0.3 is 5.97 Å². The number of hydrogen-bond acceptors (Lipinski definition) is 3. The normalized spacial score (nSPS) is 29.5. The minimum absolute atomic E-state index is 0.0909. The van der Waals surface area contributed by atoms with Crippen LogP contribution in [0.2, 0.25) is 0 Å². The lowest BCUT2D eigenvalue weighted by Gasteiger charge is -2.46. The topological polar surface area (TPSA) is 98.1 Å². The van der Waals surface area contributed by atoms with Gasteiger partial charge in [-0.05, 0) is 49.1 Å².